The third-order valence-corrected chi connectivity index (χ3v) is 5.11. The van der Waals surface area contributed by atoms with E-state index in [2.05, 4.69) is 31.4 Å². The number of benzene rings is 1. The lowest BCUT2D eigenvalue weighted by molar-refractivity contribution is -0.389. The third kappa shape index (κ3) is 4.51. The lowest BCUT2D eigenvalue weighted by Gasteiger charge is -2.03. The first-order valence-corrected chi connectivity index (χ1v) is 9.44. The van der Waals surface area contributed by atoms with Gasteiger partial charge in [0, 0.05) is 5.02 Å². The Morgan fingerprint density at radius 2 is 1.96 bits per heavy atom. The number of amides is 1. The Hall–Kier alpha value is -2.43. The van der Waals surface area contributed by atoms with E-state index in [0.29, 0.717) is 27.6 Å². The average Bonchev–Trinajstić information content (AvgIpc) is 3.11. The molecule has 0 unspecified atom stereocenters. The van der Waals surface area contributed by atoms with Crippen molar-refractivity contribution in [2.45, 2.75) is 20.0 Å². The number of nitrogens with one attached hydrogen (secondary N) is 1. The van der Waals surface area contributed by atoms with Crippen molar-refractivity contribution in [1.29, 1.82) is 0 Å². The monoisotopic (exact) mass is 486 g/mol. The summed E-state index contributed by atoms with van der Waals surface area (Å²) in [5, 5.41) is 22.2. The van der Waals surface area contributed by atoms with E-state index >= 15 is 0 Å². The second-order valence-electron chi connectivity index (χ2n) is 5.84. The van der Waals surface area contributed by atoms with Gasteiger partial charge >= 0.3 is 5.82 Å². The highest BCUT2D eigenvalue weighted by atomic mass is 79.9. The van der Waals surface area contributed by atoms with Crippen LogP contribution in [-0.4, -0.2) is 30.4 Å². The van der Waals surface area contributed by atoms with E-state index < -0.39 is 16.6 Å². The number of nitro groups is 1. The fourth-order valence-electron chi connectivity index (χ4n) is 2.44. The largest absolute Gasteiger partial charge is 0.408 e. The molecule has 0 aliphatic carbocycles. The van der Waals surface area contributed by atoms with Crippen LogP contribution in [0, 0.1) is 17.0 Å². The summed E-state index contributed by atoms with van der Waals surface area (Å²) in [6.45, 7) is 1.82. The third-order valence-electron chi connectivity index (χ3n) is 3.83. The Bertz CT molecular complexity index is 1050. The van der Waals surface area contributed by atoms with Crippen LogP contribution in [0.3, 0.4) is 0 Å². The van der Waals surface area contributed by atoms with Crippen LogP contribution in [0.1, 0.15) is 11.3 Å². The number of halogens is 3. The number of rotatable bonds is 6. The van der Waals surface area contributed by atoms with Gasteiger partial charge in [-0.3, -0.25) is 9.48 Å². The fraction of sp³-hybridized carbons (Fsp3) is 0.188. The summed E-state index contributed by atoms with van der Waals surface area (Å²) in [5.41, 5.74) is 1.79. The van der Waals surface area contributed by atoms with Gasteiger partial charge in [-0.15, -0.1) is 0 Å². The molecular formula is C16H13BrCl2N6O3. The molecule has 2 aromatic heterocycles. The van der Waals surface area contributed by atoms with E-state index in [-0.39, 0.29) is 11.6 Å². The minimum absolute atomic E-state index is 0.0882. The summed E-state index contributed by atoms with van der Waals surface area (Å²) in [6.07, 6.45) is 1.67. The van der Waals surface area contributed by atoms with Gasteiger partial charge in [0.1, 0.15) is 6.54 Å². The lowest BCUT2D eigenvalue weighted by atomic mass is 10.2. The Morgan fingerprint density at radius 1 is 1.29 bits per heavy atom. The van der Waals surface area contributed by atoms with E-state index in [1.54, 1.807) is 29.9 Å². The number of anilines is 1. The molecule has 3 rings (SSSR count). The number of carbonyl (C=O) groups excluding carboxylic acids is 1. The van der Waals surface area contributed by atoms with E-state index in [1.165, 1.54) is 4.68 Å². The van der Waals surface area contributed by atoms with Crippen LogP contribution in [0.2, 0.25) is 10.0 Å². The molecule has 9 nitrogen and oxygen atoms in total. The van der Waals surface area contributed by atoms with Crippen LogP contribution in [-0.2, 0) is 17.9 Å². The molecular weight excluding hydrogens is 475 g/mol. The maximum absolute atomic E-state index is 12.3. The molecule has 12 heteroatoms. The minimum atomic E-state index is -0.693. The molecule has 0 atom stereocenters. The van der Waals surface area contributed by atoms with Crippen molar-refractivity contribution >= 4 is 56.5 Å². The highest BCUT2D eigenvalue weighted by Gasteiger charge is 2.25. The van der Waals surface area contributed by atoms with Crippen molar-refractivity contribution in [3.05, 3.63) is 66.5 Å². The smallest absolute Gasteiger partial charge is 0.358 e. The maximum Gasteiger partial charge on any atom is 0.408 e. The van der Waals surface area contributed by atoms with Crippen LogP contribution in [0.5, 0.6) is 0 Å². The molecule has 0 saturated heterocycles. The molecule has 0 fully saturated rings. The summed E-state index contributed by atoms with van der Waals surface area (Å²) in [6, 6.07) is 7.34. The van der Waals surface area contributed by atoms with Crippen LogP contribution in [0.4, 0.5) is 11.5 Å². The highest BCUT2D eigenvalue weighted by molar-refractivity contribution is 9.10. The number of aromatic nitrogens is 4. The van der Waals surface area contributed by atoms with Gasteiger partial charge in [-0.25, -0.2) is 0 Å². The van der Waals surface area contributed by atoms with E-state index in [4.69, 9.17) is 23.2 Å². The first kappa shape index (κ1) is 20.3. The first-order chi connectivity index (χ1) is 13.2. The second kappa shape index (κ2) is 8.29. The highest BCUT2D eigenvalue weighted by Crippen LogP contribution is 2.26. The van der Waals surface area contributed by atoms with Gasteiger partial charge in [0.2, 0.25) is 5.91 Å². The minimum Gasteiger partial charge on any atom is -0.358 e. The Kier molecular flexibility index (Phi) is 6.01. The Morgan fingerprint density at radius 3 is 2.57 bits per heavy atom. The average molecular weight is 488 g/mol. The van der Waals surface area contributed by atoms with Crippen LogP contribution < -0.4 is 5.32 Å². The standard InChI is InChI=1S/C16H13BrCl2N6O3/c1-9-14(19)16(25(27)28)22-24(9)8-13(26)20-12-7-23(21-15(12)17)6-10-2-4-11(18)5-3-10/h2-5,7H,6,8H2,1H3,(H,20,26). The van der Waals surface area contributed by atoms with Gasteiger partial charge in [0.05, 0.1) is 29.2 Å². The maximum atomic E-state index is 12.3. The zero-order valence-electron chi connectivity index (χ0n) is 14.4. The normalized spacial score (nSPS) is 10.9. The van der Waals surface area contributed by atoms with Crippen molar-refractivity contribution in [1.82, 2.24) is 19.6 Å². The first-order valence-electron chi connectivity index (χ1n) is 7.89. The summed E-state index contributed by atoms with van der Waals surface area (Å²) in [4.78, 5) is 22.5. The van der Waals surface area contributed by atoms with Gasteiger partial charge in [-0.2, -0.15) is 9.78 Å². The molecule has 1 aromatic carbocycles. The predicted octanol–water partition coefficient (Wildman–Crippen LogP) is 4.05. The van der Waals surface area contributed by atoms with Gasteiger partial charge in [-0.1, -0.05) is 35.3 Å². The fourth-order valence-corrected chi connectivity index (χ4v) is 3.18. The Balaban J connectivity index is 1.69. The molecule has 0 saturated carbocycles. The summed E-state index contributed by atoms with van der Waals surface area (Å²) >= 11 is 15.1. The number of hydrogen-bond donors (Lipinski definition) is 1. The zero-order valence-corrected chi connectivity index (χ0v) is 17.5. The molecule has 1 N–H and O–H groups in total. The molecule has 2 heterocycles. The van der Waals surface area contributed by atoms with Crippen molar-refractivity contribution < 1.29 is 9.72 Å². The Labute approximate surface area is 177 Å². The molecule has 146 valence electrons. The van der Waals surface area contributed by atoms with Gasteiger partial charge in [0.25, 0.3) is 0 Å². The summed E-state index contributed by atoms with van der Waals surface area (Å²) in [7, 11) is 0. The number of nitrogens with zero attached hydrogens (tertiary/aromatic N) is 5. The van der Waals surface area contributed by atoms with Crippen molar-refractivity contribution in [3.8, 4) is 0 Å². The van der Waals surface area contributed by atoms with Crippen LogP contribution in [0.25, 0.3) is 0 Å². The van der Waals surface area contributed by atoms with Crippen LogP contribution >= 0.6 is 39.1 Å². The molecule has 0 aliphatic rings. The molecule has 0 aliphatic heterocycles. The van der Waals surface area contributed by atoms with E-state index in [1.807, 2.05) is 12.1 Å². The summed E-state index contributed by atoms with van der Waals surface area (Å²) < 4.78 is 3.29. The van der Waals surface area contributed by atoms with Crippen molar-refractivity contribution in [2.24, 2.45) is 0 Å². The molecule has 0 radical (unpaired) electrons. The van der Waals surface area contributed by atoms with Gasteiger partial charge in [-0.05, 0) is 45.5 Å². The molecule has 0 spiro atoms. The topological polar surface area (TPSA) is 108 Å². The number of hydrogen-bond acceptors (Lipinski definition) is 5. The zero-order chi connectivity index (χ0) is 20.4. The van der Waals surface area contributed by atoms with Crippen LogP contribution in [0.15, 0.2) is 35.1 Å². The number of carbonyl (C=O) groups is 1. The quantitative estimate of drug-likeness (QED) is 0.416. The van der Waals surface area contributed by atoms with E-state index in [0.717, 1.165) is 5.56 Å². The lowest BCUT2D eigenvalue weighted by Crippen LogP contribution is -2.20. The second-order valence-corrected chi connectivity index (χ2v) is 7.41. The predicted molar refractivity (Wildman–Crippen MR) is 108 cm³/mol. The molecule has 0 bridgehead atoms. The molecule has 3 aromatic rings. The summed E-state index contributed by atoms with van der Waals surface area (Å²) in [5.74, 6) is -0.909. The molecule has 1 amide bonds. The SMILES string of the molecule is Cc1c(Cl)c([N+](=O)[O-])nn1CC(=O)Nc1cn(Cc2ccc(Cl)cc2)nc1Br. The van der Waals surface area contributed by atoms with E-state index in [9.17, 15) is 14.9 Å². The van der Waals surface area contributed by atoms with Gasteiger partial charge < -0.3 is 15.4 Å². The molecule has 28 heavy (non-hydrogen) atoms. The van der Waals surface area contributed by atoms with Crippen molar-refractivity contribution in [2.75, 3.05) is 5.32 Å². The van der Waals surface area contributed by atoms with Gasteiger partial charge in [0.15, 0.2) is 9.63 Å². The van der Waals surface area contributed by atoms with Crippen molar-refractivity contribution in [3.63, 3.8) is 0 Å².